The number of benzene rings is 1. The average molecular weight is 427 g/mol. The van der Waals surface area contributed by atoms with Crippen LogP contribution in [0.1, 0.15) is 61.3 Å². The van der Waals surface area contributed by atoms with Crippen molar-refractivity contribution in [2.45, 2.75) is 60.6 Å². The summed E-state index contributed by atoms with van der Waals surface area (Å²) < 4.78 is 0. The predicted octanol–water partition coefficient (Wildman–Crippen LogP) is 4.87. The summed E-state index contributed by atoms with van der Waals surface area (Å²) in [5.74, 6) is 0.472. The normalized spacial score (nSPS) is 22.0. The number of aromatic amines is 1. The van der Waals surface area contributed by atoms with E-state index in [-0.39, 0.29) is 17.5 Å². The first-order chi connectivity index (χ1) is 14.1. The fourth-order valence-electron chi connectivity index (χ4n) is 3.79. The molecule has 150 valence electrons. The van der Waals surface area contributed by atoms with Gasteiger partial charge in [0.15, 0.2) is 0 Å². The topological polar surface area (TPSA) is 62.0 Å². The molecular formula is C23H23ClN2O2S. The summed E-state index contributed by atoms with van der Waals surface area (Å²) in [5.41, 5.74) is 3.47. The molecule has 1 aromatic heterocycles. The van der Waals surface area contributed by atoms with Crippen molar-refractivity contribution in [1.82, 2.24) is 10.3 Å². The molecule has 1 atom stereocenters. The van der Waals surface area contributed by atoms with Crippen molar-refractivity contribution in [2.24, 2.45) is 0 Å². The molecule has 1 aromatic carbocycles. The van der Waals surface area contributed by atoms with Gasteiger partial charge in [0.05, 0.1) is 5.02 Å². The first kappa shape index (κ1) is 19.0. The highest BCUT2D eigenvalue weighted by molar-refractivity contribution is 8.00. The Hall–Kier alpha value is -1.98. The summed E-state index contributed by atoms with van der Waals surface area (Å²) in [6, 6.07) is 10.0. The molecule has 5 rings (SSSR count). The second-order valence-corrected chi connectivity index (χ2v) is 9.94. The third-order valence-corrected chi connectivity index (χ3v) is 7.54. The Kier molecular flexibility index (Phi) is 5.04. The second kappa shape index (κ2) is 7.69. The number of nitrogens with one attached hydrogen (secondary N) is 2. The molecule has 2 N–H and O–H groups in total. The average Bonchev–Trinajstić information content (AvgIpc) is 3.62. The molecule has 2 aliphatic carbocycles. The van der Waals surface area contributed by atoms with Crippen molar-refractivity contribution < 1.29 is 4.79 Å². The Morgan fingerprint density at radius 1 is 1.07 bits per heavy atom. The lowest BCUT2D eigenvalue weighted by Gasteiger charge is -2.14. The summed E-state index contributed by atoms with van der Waals surface area (Å²) >= 11 is 8.42. The van der Waals surface area contributed by atoms with Crippen molar-refractivity contribution in [2.75, 3.05) is 0 Å². The second-order valence-electron chi connectivity index (χ2n) is 8.19. The van der Waals surface area contributed by atoms with Gasteiger partial charge in [-0.2, -0.15) is 0 Å². The molecule has 0 unspecified atom stereocenters. The first-order valence-corrected chi connectivity index (χ1v) is 11.5. The van der Waals surface area contributed by atoms with Gasteiger partial charge in [-0.05, 0) is 61.8 Å². The fraction of sp³-hybridized carbons (Fsp3) is 0.391. The highest BCUT2D eigenvalue weighted by atomic mass is 35.5. The number of carbonyl (C=O) groups is 1. The highest BCUT2D eigenvalue weighted by Gasteiger charge is 2.27. The number of amides is 1. The molecule has 0 spiro atoms. The van der Waals surface area contributed by atoms with Crippen LogP contribution in [0.15, 0.2) is 46.1 Å². The van der Waals surface area contributed by atoms with Gasteiger partial charge in [0.25, 0.3) is 5.56 Å². The SMILES string of the molecule is O=C1CC[C@H](/C=C(\c2ccc(SC3CC3)c(Cl)c2)c2ccc(C3CC3)c(=O)[nH]2)N1. The van der Waals surface area contributed by atoms with Crippen LogP contribution in [0.25, 0.3) is 5.57 Å². The van der Waals surface area contributed by atoms with Crippen LogP contribution in [-0.2, 0) is 4.79 Å². The maximum Gasteiger partial charge on any atom is 0.251 e. The Bertz CT molecular complexity index is 1050. The van der Waals surface area contributed by atoms with Crippen molar-refractivity contribution in [1.29, 1.82) is 0 Å². The van der Waals surface area contributed by atoms with Gasteiger partial charge in [-0.15, -0.1) is 11.8 Å². The monoisotopic (exact) mass is 426 g/mol. The van der Waals surface area contributed by atoms with E-state index in [0.29, 0.717) is 17.6 Å². The standard InChI is InChI=1S/C23H23ClN2O2S/c24-19-11-14(3-9-21(19)29-16-5-6-16)18(12-15-4-10-22(27)25-15)20-8-7-17(13-1-2-13)23(28)26-20/h3,7-9,11-13,15-16H,1-2,4-6,10H2,(H,25,27)(H,26,28)/b18-12+/t15-/m1/s1. The molecule has 6 heteroatoms. The van der Waals surface area contributed by atoms with Gasteiger partial charge in [-0.3, -0.25) is 9.59 Å². The Labute approximate surface area is 179 Å². The van der Waals surface area contributed by atoms with Crippen LogP contribution in [0.3, 0.4) is 0 Å². The summed E-state index contributed by atoms with van der Waals surface area (Å²) in [4.78, 5) is 28.5. The van der Waals surface area contributed by atoms with E-state index in [0.717, 1.165) is 51.6 Å². The molecule has 29 heavy (non-hydrogen) atoms. The molecule has 3 fully saturated rings. The predicted molar refractivity (Wildman–Crippen MR) is 118 cm³/mol. The minimum atomic E-state index is -0.0385. The van der Waals surface area contributed by atoms with Gasteiger partial charge in [-0.25, -0.2) is 0 Å². The van der Waals surface area contributed by atoms with Crippen LogP contribution in [0, 0.1) is 0 Å². The number of rotatable bonds is 6. The van der Waals surface area contributed by atoms with Crippen molar-refractivity contribution in [3.05, 3.63) is 68.6 Å². The van der Waals surface area contributed by atoms with Crippen LogP contribution in [0.5, 0.6) is 0 Å². The number of hydrogen-bond acceptors (Lipinski definition) is 3. The highest BCUT2D eigenvalue weighted by Crippen LogP contribution is 2.43. The van der Waals surface area contributed by atoms with Crippen LogP contribution in [-0.4, -0.2) is 22.2 Å². The zero-order chi connectivity index (χ0) is 20.0. The Morgan fingerprint density at radius 3 is 2.52 bits per heavy atom. The molecule has 0 radical (unpaired) electrons. The van der Waals surface area contributed by atoms with Gasteiger partial charge >= 0.3 is 0 Å². The summed E-state index contributed by atoms with van der Waals surface area (Å²) in [6.45, 7) is 0. The zero-order valence-electron chi connectivity index (χ0n) is 16.0. The molecule has 2 heterocycles. The maximum absolute atomic E-state index is 12.6. The van der Waals surface area contributed by atoms with Gasteiger partial charge in [0, 0.05) is 39.4 Å². The van der Waals surface area contributed by atoms with E-state index in [1.807, 2.05) is 36.0 Å². The summed E-state index contributed by atoms with van der Waals surface area (Å²) in [7, 11) is 0. The molecule has 3 aliphatic rings. The lowest BCUT2D eigenvalue weighted by Crippen LogP contribution is -2.23. The fourth-order valence-corrected chi connectivity index (χ4v) is 5.16. The first-order valence-electron chi connectivity index (χ1n) is 10.3. The lowest BCUT2D eigenvalue weighted by atomic mass is 9.98. The molecule has 1 saturated heterocycles. The number of aromatic nitrogens is 1. The Balaban J connectivity index is 1.52. The maximum atomic E-state index is 12.6. The van der Waals surface area contributed by atoms with E-state index in [2.05, 4.69) is 22.4 Å². The molecule has 0 bridgehead atoms. The third-order valence-electron chi connectivity index (χ3n) is 5.70. The van der Waals surface area contributed by atoms with E-state index >= 15 is 0 Å². The van der Waals surface area contributed by atoms with Crippen LogP contribution in [0.4, 0.5) is 0 Å². The third kappa shape index (κ3) is 4.31. The van der Waals surface area contributed by atoms with Crippen LogP contribution in [0.2, 0.25) is 5.02 Å². The molecule has 1 amide bonds. The quantitative estimate of drug-likeness (QED) is 0.692. The van der Waals surface area contributed by atoms with Crippen LogP contribution < -0.4 is 10.9 Å². The number of hydrogen-bond donors (Lipinski definition) is 2. The van der Waals surface area contributed by atoms with E-state index < -0.39 is 0 Å². The minimum absolute atomic E-state index is 0.0154. The van der Waals surface area contributed by atoms with Crippen molar-refractivity contribution >= 4 is 34.8 Å². The number of thioether (sulfide) groups is 1. The molecule has 1 aliphatic heterocycles. The van der Waals surface area contributed by atoms with E-state index in [4.69, 9.17) is 11.6 Å². The van der Waals surface area contributed by atoms with E-state index in [9.17, 15) is 9.59 Å². The van der Waals surface area contributed by atoms with E-state index in [1.165, 1.54) is 12.8 Å². The van der Waals surface area contributed by atoms with Gasteiger partial charge < -0.3 is 10.3 Å². The van der Waals surface area contributed by atoms with Crippen molar-refractivity contribution in [3.8, 4) is 0 Å². The van der Waals surface area contributed by atoms with Crippen molar-refractivity contribution in [3.63, 3.8) is 0 Å². The minimum Gasteiger partial charge on any atom is -0.350 e. The molecule has 2 saturated carbocycles. The molecule has 2 aromatic rings. The van der Waals surface area contributed by atoms with E-state index in [1.54, 1.807) is 0 Å². The number of H-pyrrole nitrogens is 1. The smallest absolute Gasteiger partial charge is 0.251 e. The zero-order valence-corrected chi connectivity index (χ0v) is 17.6. The summed E-state index contributed by atoms with van der Waals surface area (Å²) in [5, 5.41) is 4.42. The number of pyridine rings is 1. The molecule has 4 nitrogen and oxygen atoms in total. The lowest BCUT2D eigenvalue weighted by molar-refractivity contribution is -0.119. The summed E-state index contributed by atoms with van der Waals surface area (Å²) in [6.07, 6.45) is 8.03. The largest absolute Gasteiger partial charge is 0.350 e. The van der Waals surface area contributed by atoms with Gasteiger partial charge in [-0.1, -0.05) is 29.8 Å². The molecular weight excluding hydrogens is 404 g/mol. The number of carbonyl (C=O) groups excluding carboxylic acids is 1. The Morgan fingerprint density at radius 2 is 1.90 bits per heavy atom. The van der Waals surface area contributed by atoms with Crippen LogP contribution >= 0.6 is 23.4 Å². The number of halogens is 1. The van der Waals surface area contributed by atoms with Gasteiger partial charge in [0.2, 0.25) is 5.91 Å². The van der Waals surface area contributed by atoms with Gasteiger partial charge in [0.1, 0.15) is 0 Å².